The number of fused-ring (bicyclic) bond motifs is 4. The van der Waals surface area contributed by atoms with Crippen molar-refractivity contribution in [3.63, 3.8) is 0 Å². The van der Waals surface area contributed by atoms with E-state index in [9.17, 15) is 24.3 Å². The number of methoxy groups -OCH3 is 1. The number of hydrogen-bond donors (Lipinski definition) is 5. The Morgan fingerprint density at radius 3 is 1.90 bits per heavy atom. The summed E-state index contributed by atoms with van der Waals surface area (Å²) in [6.45, 7) is 13.0. The number of aromatic nitrogens is 4. The van der Waals surface area contributed by atoms with E-state index in [2.05, 4.69) is 70.8 Å². The van der Waals surface area contributed by atoms with Gasteiger partial charge in [-0.05, 0) is 66.5 Å². The molecule has 0 aliphatic carbocycles. The van der Waals surface area contributed by atoms with Crippen LogP contribution in [-0.2, 0) is 19.7 Å². The van der Waals surface area contributed by atoms with E-state index >= 15 is 0 Å². The van der Waals surface area contributed by atoms with Gasteiger partial charge in [-0.2, -0.15) is 0 Å². The monoisotopic (exact) mass is 830 g/mol. The molecule has 4 amide bonds. The molecule has 4 atom stereocenters. The molecule has 15 nitrogen and oxygen atoms in total. The smallest absolute Gasteiger partial charge is 0.407 e. The van der Waals surface area contributed by atoms with Gasteiger partial charge in [-0.15, -0.1) is 0 Å². The first-order chi connectivity index (χ1) is 29.2. The summed E-state index contributed by atoms with van der Waals surface area (Å²) in [4.78, 5) is 70.6. The van der Waals surface area contributed by atoms with Crippen molar-refractivity contribution in [1.82, 2.24) is 40.4 Å². The van der Waals surface area contributed by atoms with Crippen molar-refractivity contribution in [2.24, 2.45) is 11.8 Å². The first kappa shape index (κ1) is 41.4. The van der Waals surface area contributed by atoms with Crippen molar-refractivity contribution in [2.75, 3.05) is 20.2 Å². The molecule has 61 heavy (non-hydrogen) atoms. The van der Waals surface area contributed by atoms with Gasteiger partial charge in [0.15, 0.2) is 0 Å². The molecule has 5 N–H and O–H groups in total. The van der Waals surface area contributed by atoms with Gasteiger partial charge in [0.25, 0.3) is 0 Å². The number of carbonyl (C=O) groups is 4. The van der Waals surface area contributed by atoms with E-state index in [1.807, 2.05) is 50.9 Å². The number of nitrogens with zero attached hydrogens (tertiary/aromatic N) is 4. The van der Waals surface area contributed by atoms with Crippen LogP contribution in [0.2, 0.25) is 0 Å². The Hall–Kier alpha value is -6.38. The molecule has 0 unspecified atom stereocenters. The normalized spacial score (nSPS) is 19.0. The lowest BCUT2D eigenvalue weighted by Gasteiger charge is -2.35. The van der Waals surface area contributed by atoms with E-state index in [-0.39, 0.29) is 35.7 Å². The van der Waals surface area contributed by atoms with Crippen LogP contribution in [0.4, 0.5) is 9.59 Å². The Morgan fingerprint density at radius 1 is 0.787 bits per heavy atom. The van der Waals surface area contributed by atoms with Crippen LogP contribution < -0.4 is 15.4 Å². The van der Waals surface area contributed by atoms with Crippen LogP contribution in [-0.4, -0.2) is 91.1 Å². The molecule has 3 aliphatic heterocycles. The Labute approximate surface area is 354 Å². The molecule has 0 spiro atoms. The summed E-state index contributed by atoms with van der Waals surface area (Å²) in [6, 6.07) is 14.6. The fourth-order valence-electron chi connectivity index (χ4n) is 9.39. The van der Waals surface area contributed by atoms with Gasteiger partial charge in [0.2, 0.25) is 11.8 Å². The minimum Gasteiger partial charge on any atom is -0.465 e. The fraction of sp³-hybridized carbons (Fsp3) is 0.435. The van der Waals surface area contributed by atoms with Crippen molar-refractivity contribution in [1.29, 1.82) is 0 Å². The Bertz CT molecular complexity index is 2510. The standard InChI is InChI=1S/C46H54N8O7/c1-24(2)38(51-44(57)58)42(55)53-18-8-10-33(53)41-48-23-32(50-41)28-13-16-30-36(21-28)61-35-17-14-26-20-27(12-15-29(26)37(35)46(30,5)6)31-22-47-40(49-31)34-11-9-19-54(34)43(56)39(25(3)4)52-45(59)60-7/h12-17,20-25,33-34,38-39,51H,8-11,18-19H2,1-7H3,(H,47,49)(H,48,50)(H,52,59)(H,57,58)/t33-,34-,38-,39-/m0/s1. The molecule has 320 valence electrons. The third kappa shape index (κ3) is 7.65. The predicted octanol–water partition coefficient (Wildman–Crippen LogP) is 8.05. The maximum absolute atomic E-state index is 13.7. The van der Waals surface area contributed by atoms with Gasteiger partial charge in [0.05, 0.1) is 43.0 Å². The minimum absolute atomic E-state index is 0.119. The number of benzene rings is 3. The highest BCUT2D eigenvalue weighted by Crippen LogP contribution is 2.51. The van der Waals surface area contributed by atoms with Crippen LogP contribution in [0, 0.1) is 11.8 Å². The number of carboxylic acid groups (broad SMARTS) is 1. The molecule has 2 fully saturated rings. The topological polar surface area (TPSA) is 195 Å². The van der Waals surface area contributed by atoms with Gasteiger partial charge in [-0.1, -0.05) is 71.9 Å². The van der Waals surface area contributed by atoms with Crippen molar-refractivity contribution in [2.45, 2.75) is 96.8 Å². The number of carbonyl (C=O) groups excluding carboxylic acids is 3. The number of imidazole rings is 2. The van der Waals surface area contributed by atoms with Crippen LogP contribution in [0.3, 0.4) is 0 Å². The van der Waals surface area contributed by atoms with Gasteiger partial charge in [-0.25, -0.2) is 19.6 Å². The molecule has 15 heteroatoms. The molecule has 0 radical (unpaired) electrons. The van der Waals surface area contributed by atoms with E-state index in [0.717, 1.165) is 81.6 Å². The molecule has 5 heterocycles. The maximum Gasteiger partial charge on any atom is 0.407 e. The molecule has 2 saturated heterocycles. The van der Waals surface area contributed by atoms with Crippen molar-refractivity contribution < 1.29 is 33.8 Å². The Morgan fingerprint density at radius 2 is 1.34 bits per heavy atom. The zero-order chi connectivity index (χ0) is 43.3. The van der Waals surface area contributed by atoms with E-state index in [1.54, 1.807) is 11.1 Å². The molecule has 2 aromatic heterocycles. The molecular weight excluding hydrogens is 777 g/mol. The summed E-state index contributed by atoms with van der Waals surface area (Å²) < 4.78 is 11.4. The molecule has 3 aromatic carbocycles. The van der Waals surface area contributed by atoms with Crippen LogP contribution in [0.25, 0.3) is 33.3 Å². The summed E-state index contributed by atoms with van der Waals surface area (Å²) in [6.07, 6.45) is 4.87. The lowest BCUT2D eigenvalue weighted by Crippen LogP contribution is -2.51. The molecule has 3 aliphatic rings. The lowest BCUT2D eigenvalue weighted by atomic mass is 9.73. The second kappa shape index (κ2) is 16.2. The quantitative estimate of drug-likeness (QED) is 0.0926. The zero-order valence-corrected chi connectivity index (χ0v) is 35.7. The first-order valence-electron chi connectivity index (χ1n) is 21.1. The molecule has 8 rings (SSSR count). The van der Waals surface area contributed by atoms with E-state index < -0.39 is 29.7 Å². The van der Waals surface area contributed by atoms with Crippen LogP contribution in [0.15, 0.2) is 60.9 Å². The number of H-pyrrole nitrogens is 2. The van der Waals surface area contributed by atoms with E-state index in [0.29, 0.717) is 24.7 Å². The van der Waals surface area contributed by atoms with Crippen molar-refractivity contribution in [3.8, 4) is 34.0 Å². The van der Waals surface area contributed by atoms with Crippen molar-refractivity contribution >= 4 is 34.8 Å². The highest BCUT2D eigenvalue weighted by molar-refractivity contribution is 5.93. The highest BCUT2D eigenvalue weighted by atomic mass is 16.5. The SMILES string of the molecule is COC(=O)N[C@H](C(=O)N1CCC[C@H]1c1ncc(-c2ccc3c4c(ccc3c2)Oc2cc(-c3cnc([C@@H]5CCCN5C(=O)[C@@H](NC(=O)O)C(C)C)[nH]3)ccc2C4(C)C)[nH]1)C(C)C. The summed E-state index contributed by atoms with van der Waals surface area (Å²) in [5, 5.41) is 16.6. The summed E-state index contributed by atoms with van der Waals surface area (Å²) in [5.41, 5.74) is 5.24. The zero-order valence-electron chi connectivity index (χ0n) is 35.7. The van der Waals surface area contributed by atoms with Gasteiger partial charge in [0.1, 0.15) is 35.2 Å². The number of aromatic amines is 2. The second-order valence-electron chi connectivity index (χ2n) is 17.6. The van der Waals surface area contributed by atoms with Gasteiger partial charge >= 0.3 is 12.2 Å². The maximum atomic E-state index is 13.7. The number of hydrogen-bond acceptors (Lipinski definition) is 8. The molecule has 0 bridgehead atoms. The Balaban J connectivity index is 1.01. The first-order valence-corrected chi connectivity index (χ1v) is 21.1. The third-order valence-electron chi connectivity index (χ3n) is 12.6. The van der Waals surface area contributed by atoms with Crippen molar-refractivity contribution in [3.05, 3.63) is 83.7 Å². The van der Waals surface area contributed by atoms with Crippen LogP contribution in [0.1, 0.15) is 102 Å². The van der Waals surface area contributed by atoms with Gasteiger partial charge in [-0.3, -0.25) is 9.59 Å². The largest absolute Gasteiger partial charge is 0.465 e. The molecule has 5 aromatic rings. The summed E-state index contributed by atoms with van der Waals surface area (Å²) in [5.74, 6) is 2.21. The number of rotatable bonds is 10. The number of likely N-dealkylation sites (tertiary alicyclic amines) is 2. The minimum atomic E-state index is -1.22. The van der Waals surface area contributed by atoms with Gasteiger partial charge in [0, 0.05) is 40.8 Å². The fourth-order valence-corrected chi connectivity index (χ4v) is 9.39. The second-order valence-corrected chi connectivity index (χ2v) is 17.6. The van der Waals surface area contributed by atoms with Crippen LogP contribution in [0.5, 0.6) is 11.5 Å². The Kier molecular flexibility index (Phi) is 11.0. The molecular formula is C46H54N8O7. The van der Waals surface area contributed by atoms with E-state index in [1.165, 1.54) is 7.11 Å². The number of amides is 4. The average Bonchev–Trinajstić information content (AvgIpc) is 4.07. The number of nitrogens with one attached hydrogen (secondary N) is 4. The van der Waals surface area contributed by atoms with Crippen LogP contribution >= 0.6 is 0 Å². The third-order valence-corrected chi connectivity index (χ3v) is 12.6. The summed E-state index contributed by atoms with van der Waals surface area (Å²) in [7, 11) is 1.29. The highest BCUT2D eigenvalue weighted by Gasteiger charge is 2.40. The molecule has 0 saturated carbocycles. The van der Waals surface area contributed by atoms with Gasteiger partial charge < -0.3 is 45.0 Å². The number of ether oxygens (including phenoxy) is 2. The summed E-state index contributed by atoms with van der Waals surface area (Å²) >= 11 is 0. The predicted molar refractivity (Wildman–Crippen MR) is 229 cm³/mol. The number of alkyl carbamates (subject to hydrolysis) is 1. The van der Waals surface area contributed by atoms with E-state index in [4.69, 9.17) is 19.4 Å². The lowest BCUT2D eigenvalue weighted by molar-refractivity contribution is -0.136. The average molecular weight is 831 g/mol.